The summed E-state index contributed by atoms with van der Waals surface area (Å²) in [4.78, 5) is 11.6. The van der Waals surface area contributed by atoms with Gasteiger partial charge in [0.1, 0.15) is 18.2 Å². The second-order valence-electron chi connectivity index (χ2n) is 9.26. The second kappa shape index (κ2) is 14.3. The van der Waals surface area contributed by atoms with E-state index in [1.807, 2.05) is 24.3 Å². The van der Waals surface area contributed by atoms with Crippen LogP contribution in [-0.2, 0) is 22.4 Å². The average molecular weight is 505 g/mol. The summed E-state index contributed by atoms with van der Waals surface area (Å²) in [5, 5.41) is 9.16. The van der Waals surface area contributed by atoms with E-state index in [0.717, 1.165) is 28.7 Å². The summed E-state index contributed by atoms with van der Waals surface area (Å²) in [7, 11) is 0. The van der Waals surface area contributed by atoms with E-state index in [0.29, 0.717) is 29.7 Å². The molecule has 0 spiro atoms. The first-order valence-electron chi connectivity index (χ1n) is 13.0. The van der Waals surface area contributed by atoms with Gasteiger partial charge in [0.2, 0.25) is 0 Å². The monoisotopic (exact) mass is 504 g/mol. The number of hydrogen-bond acceptors (Lipinski definition) is 4. The molecule has 0 saturated heterocycles. The zero-order chi connectivity index (χ0) is 26.6. The van der Waals surface area contributed by atoms with Gasteiger partial charge in [-0.1, -0.05) is 68.8 Å². The molecule has 37 heavy (non-hydrogen) atoms. The first kappa shape index (κ1) is 28.1. The molecular weight excluding hydrogens is 467 g/mol. The van der Waals surface area contributed by atoms with E-state index in [1.54, 1.807) is 19.1 Å². The topological polar surface area (TPSA) is 55.8 Å². The van der Waals surface area contributed by atoms with Crippen molar-refractivity contribution in [2.24, 2.45) is 0 Å². The Hall–Kier alpha value is -3.44. The number of aliphatic hydroxyl groups is 1. The molecule has 3 aromatic rings. The van der Waals surface area contributed by atoms with Crippen molar-refractivity contribution in [2.45, 2.75) is 52.4 Å². The van der Waals surface area contributed by atoms with Crippen molar-refractivity contribution in [3.05, 3.63) is 89.8 Å². The van der Waals surface area contributed by atoms with Gasteiger partial charge in [-0.3, -0.25) is 0 Å². The van der Waals surface area contributed by atoms with Gasteiger partial charge in [0.25, 0.3) is 0 Å². The van der Waals surface area contributed by atoms with Crippen LogP contribution in [-0.4, -0.2) is 30.9 Å². The zero-order valence-corrected chi connectivity index (χ0v) is 21.9. The number of aliphatic hydroxyl groups excluding tert-OH is 1. The molecule has 3 aromatic carbocycles. The van der Waals surface area contributed by atoms with Crippen molar-refractivity contribution in [3.8, 4) is 28.0 Å². The van der Waals surface area contributed by atoms with Crippen LogP contribution in [0.15, 0.2) is 72.8 Å². The summed E-state index contributed by atoms with van der Waals surface area (Å²) in [5.41, 5.74) is 5.59. The van der Waals surface area contributed by atoms with Crippen LogP contribution < -0.4 is 4.74 Å². The number of carbonyl (C=O) groups is 1. The molecule has 0 aliphatic heterocycles. The Bertz CT molecular complexity index is 1180. The van der Waals surface area contributed by atoms with E-state index < -0.39 is 5.97 Å². The molecular formula is C32H37FO4. The van der Waals surface area contributed by atoms with Crippen molar-refractivity contribution in [1.29, 1.82) is 0 Å². The number of rotatable bonds is 14. The van der Waals surface area contributed by atoms with Crippen molar-refractivity contribution < 1.29 is 23.8 Å². The van der Waals surface area contributed by atoms with Gasteiger partial charge < -0.3 is 14.6 Å². The van der Waals surface area contributed by atoms with Gasteiger partial charge >= 0.3 is 5.97 Å². The van der Waals surface area contributed by atoms with E-state index in [9.17, 15) is 4.79 Å². The summed E-state index contributed by atoms with van der Waals surface area (Å²) in [6.45, 7) is 7.70. The summed E-state index contributed by atoms with van der Waals surface area (Å²) >= 11 is 0. The molecule has 5 heteroatoms. The number of aryl methyl sites for hydroxylation is 2. The Morgan fingerprint density at radius 3 is 2.30 bits per heavy atom. The predicted molar refractivity (Wildman–Crippen MR) is 147 cm³/mol. The molecule has 0 atom stereocenters. The Morgan fingerprint density at radius 1 is 0.892 bits per heavy atom. The summed E-state index contributed by atoms with van der Waals surface area (Å²) in [5.74, 6) is -0.0891. The van der Waals surface area contributed by atoms with Gasteiger partial charge in [0.15, 0.2) is 0 Å². The molecule has 3 rings (SSSR count). The average Bonchev–Trinajstić information content (AvgIpc) is 2.90. The van der Waals surface area contributed by atoms with Crippen LogP contribution >= 0.6 is 0 Å². The third-order valence-electron chi connectivity index (χ3n) is 6.22. The molecule has 4 nitrogen and oxygen atoms in total. The van der Waals surface area contributed by atoms with E-state index in [4.69, 9.17) is 14.6 Å². The summed E-state index contributed by atoms with van der Waals surface area (Å²) < 4.78 is 26.1. The summed E-state index contributed by atoms with van der Waals surface area (Å²) in [6, 6.07) is 19.2. The molecule has 0 fully saturated rings. The van der Waals surface area contributed by atoms with Crippen LogP contribution in [0.4, 0.5) is 4.39 Å². The van der Waals surface area contributed by atoms with Gasteiger partial charge in [0.05, 0.1) is 13.2 Å². The molecule has 196 valence electrons. The number of ether oxygens (including phenoxy) is 2. The van der Waals surface area contributed by atoms with Crippen LogP contribution in [0, 0.1) is 5.82 Å². The quantitative estimate of drug-likeness (QED) is 0.142. The molecule has 0 bridgehead atoms. The third kappa shape index (κ3) is 8.29. The van der Waals surface area contributed by atoms with Gasteiger partial charge in [-0.15, -0.1) is 0 Å². The summed E-state index contributed by atoms with van der Waals surface area (Å²) in [6.07, 6.45) is 5.83. The van der Waals surface area contributed by atoms with E-state index in [1.165, 1.54) is 24.8 Å². The third-order valence-corrected chi connectivity index (χ3v) is 6.22. The van der Waals surface area contributed by atoms with Crippen molar-refractivity contribution in [1.82, 2.24) is 0 Å². The Morgan fingerprint density at radius 2 is 1.62 bits per heavy atom. The highest BCUT2D eigenvalue weighted by Gasteiger charge is 2.12. The van der Waals surface area contributed by atoms with Crippen LogP contribution in [0.2, 0.25) is 0 Å². The minimum absolute atomic E-state index is 0.104. The lowest BCUT2D eigenvalue weighted by Gasteiger charge is -2.14. The minimum atomic E-state index is -0.418. The molecule has 0 aromatic heterocycles. The lowest BCUT2D eigenvalue weighted by Crippen LogP contribution is -2.08. The number of benzene rings is 3. The highest BCUT2D eigenvalue weighted by Crippen LogP contribution is 2.32. The van der Waals surface area contributed by atoms with Crippen LogP contribution in [0.3, 0.4) is 0 Å². The number of unbranched alkanes of at least 4 members (excludes halogenated alkanes) is 2. The number of hydrogen-bond donors (Lipinski definition) is 1. The van der Waals surface area contributed by atoms with Gasteiger partial charge in [-0.05, 0) is 78.6 Å². The molecule has 1 N–H and O–H groups in total. The van der Waals surface area contributed by atoms with Gasteiger partial charge in [0, 0.05) is 11.1 Å². The van der Waals surface area contributed by atoms with Gasteiger partial charge in [-0.25, -0.2) is 9.18 Å². The normalized spacial score (nSPS) is 10.8. The first-order chi connectivity index (χ1) is 17.9. The number of carbonyl (C=O) groups excluding carboxylic acids is 1. The maximum Gasteiger partial charge on any atom is 0.333 e. The minimum Gasteiger partial charge on any atom is -0.491 e. The molecule has 0 aliphatic carbocycles. The fourth-order valence-corrected chi connectivity index (χ4v) is 4.16. The van der Waals surface area contributed by atoms with Crippen molar-refractivity contribution in [2.75, 3.05) is 19.8 Å². The smallest absolute Gasteiger partial charge is 0.333 e. The molecule has 0 radical (unpaired) electrons. The van der Waals surface area contributed by atoms with Crippen LogP contribution in [0.1, 0.15) is 50.7 Å². The second-order valence-corrected chi connectivity index (χ2v) is 9.26. The Balaban J connectivity index is 1.76. The van der Waals surface area contributed by atoms with Gasteiger partial charge in [-0.2, -0.15) is 0 Å². The first-order valence-corrected chi connectivity index (χ1v) is 13.0. The number of esters is 1. The zero-order valence-electron chi connectivity index (χ0n) is 21.9. The maximum atomic E-state index is 15.3. The molecule has 0 heterocycles. The lowest BCUT2D eigenvalue weighted by molar-refractivity contribution is -0.139. The lowest BCUT2D eigenvalue weighted by atomic mass is 9.96. The highest BCUT2D eigenvalue weighted by atomic mass is 19.1. The molecule has 0 amide bonds. The van der Waals surface area contributed by atoms with Crippen LogP contribution in [0.5, 0.6) is 5.75 Å². The van der Waals surface area contributed by atoms with Crippen molar-refractivity contribution >= 4 is 5.97 Å². The fraction of sp³-hybridized carbons (Fsp3) is 0.344. The Labute approximate surface area is 219 Å². The SMILES string of the molecule is C=C(C)C(=O)OCCCc1cc(-c2ccc(-c3ccc(CCCCC)cc3)cc2F)ccc1OCCO. The largest absolute Gasteiger partial charge is 0.491 e. The molecule has 0 saturated carbocycles. The molecule has 0 aliphatic rings. The maximum absolute atomic E-state index is 15.3. The van der Waals surface area contributed by atoms with Crippen molar-refractivity contribution in [3.63, 3.8) is 0 Å². The van der Waals surface area contributed by atoms with E-state index >= 15 is 4.39 Å². The van der Waals surface area contributed by atoms with E-state index in [2.05, 4.69) is 37.8 Å². The fourth-order valence-electron chi connectivity index (χ4n) is 4.16. The van der Waals surface area contributed by atoms with E-state index in [-0.39, 0.29) is 25.6 Å². The molecule has 0 unspecified atom stereocenters. The number of halogens is 1. The standard InChI is InChI=1S/C32H37FO4/c1-4-5-6-8-24-10-12-25(13-11-24)26-14-16-29(30(33)22-26)27-15-17-31(36-20-18-34)28(21-27)9-7-19-37-32(35)23(2)3/h10-17,21-22,34H,2,4-9,18-20H2,1,3H3. The van der Waals surface area contributed by atoms with Crippen LogP contribution in [0.25, 0.3) is 22.3 Å². The predicted octanol–water partition coefficient (Wildman–Crippen LogP) is 7.32. The highest BCUT2D eigenvalue weighted by molar-refractivity contribution is 5.86. The Kier molecular flexibility index (Phi) is 10.9.